The molecule has 10 heavy (non-hydrogen) atoms. The van der Waals surface area contributed by atoms with Crippen molar-refractivity contribution in [2.75, 3.05) is 0 Å². The van der Waals surface area contributed by atoms with Gasteiger partial charge in [-0.25, -0.2) is 0 Å². The largest absolute Gasteiger partial charge is 0.0988 e. The van der Waals surface area contributed by atoms with E-state index in [0.29, 0.717) is 0 Å². The topological polar surface area (TPSA) is 0 Å². The highest BCUT2D eigenvalue weighted by Gasteiger charge is 2.23. The van der Waals surface area contributed by atoms with E-state index in [2.05, 4.69) is 19.2 Å². The van der Waals surface area contributed by atoms with Crippen molar-refractivity contribution in [1.82, 2.24) is 0 Å². The van der Waals surface area contributed by atoms with Gasteiger partial charge >= 0.3 is 0 Å². The molecule has 0 bridgehead atoms. The molecule has 0 nitrogen and oxygen atoms in total. The maximum atomic E-state index is 3.83. The Bertz CT molecular complexity index is 180. The van der Waals surface area contributed by atoms with Gasteiger partial charge in [0.05, 0.1) is 0 Å². The lowest BCUT2D eigenvalue weighted by atomic mass is 10.1. The predicted molar refractivity (Wildman–Crippen MR) is 45.8 cm³/mol. The third-order valence-corrected chi connectivity index (χ3v) is 1.70. The molecule has 1 aliphatic rings. The number of hydrogen-bond acceptors (Lipinski definition) is 0. The summed E-state index contributed by atoms with van der Waals surface area (Å²) in [6.07, 6.45) is 6.76. The number of allylic oxidation sites excluding steroid dienone is 4. The fourth-order valence-corrected chi connectivity index (χ4v) is 1.04. The average Bonchev–Trinajstić information content (AvgIpc) is 2.63. The van der Waals surface area contributed by atoms with E-state index in [0.717, 1.165) is 11.5 Å². The van der Waals surface area contributed by atoms with E-state index in [1.807, 2.05) is 13.0 Å². The van der Waals surface area contributed by atoms with Gasteiger partial charge in [0.15, 0.2) is 0 Å². The van der Waals surface area contributed by atoms with E-state index < -0.39 is 0 Å². The van der Waals surface area contributed by atoms with E-state index in [9.17, 15) is 0 Å². The van der Waals surface area contributed by atoms with Gasteiger partial charge in [-0.05, 0) is 31.3 Å². The molecule has 54 valence electrons. The van der Waals surface area contributed by atoms with Crippen LogP contribution < -0.4 is 0 Å². The van der Waals surface area contributed by atoms with Crippen LogP contribution in [-0.4, -0.2) is 0 Å². The highest BCUT2D eigenvalue weighted by molar-refractivity contribution is 5.30. The van der Waals surface area contributed by atoms with Gasteiger partial charge in [-0.15, -0.1) is 0 Å². The minimum atomic E-state index is 0.800. The van der Waals surface area contributed by atoms with Crippen molar-refractivity contribution in [2.24, 2.45) is 5.92 Å². The Morgan fingerprint density at radius 2 is 2.10 bits per heavy atom. The summed E-state index contributed by atoms with van der Waals surface area (Å²) >= 11 is 0. The Balaban J connectivity index is 2.61. The van der Waals surface area contributed by atoms with Crippen molar-refractivity contribution in [1.29, 1.82) is 0 Å². The summed E-state index contributed by atoms with van der Waals surface area (Å²) in [7, 11) is 0. The van der Waals surface area contributed by atoms with Crippen LogP contribution >= 0.6 is 0 Å². The molecule has 1 saturated carbocycles. The Labute approximate surface area is 62.9 Å². The molecule has 0 spiro atoms. The van der Waals surface area contributed by atoms with Gasteiger partial charge in [0.25, 0.3) is 0 Å². The highest BCUT2D eigenvalue weighted by Crippen LogP contribution is 2.37. The van der Waals surface area contributed by atoms with Crippen LogP contribution in [0.4, 0.5) is 0 Å². The van der Waals surface area contributed by atoms with Gasteiger partial charge in [0, 0.05) is 0 Å². The Kier molecular flexibility index (Phi) is 2.10. The first-order chi connectivity index (χ1) is 4.74. The molecule has 0 saturated heterocycles. The molecule has 1 fully saturated rings. The highest BCUT2D eigenvalue weighted by atomic mass is 14.3. The lowest BCUT2D eigenvalue weighted by Crippen LogP contribution is -1.79. The van der Waals surface area contributed by atoms with E-state index in [1.54, 1.807) is 0 Å². The van der Waals surface area contributed by atoms with Gasteiger partial charge in [-0.3, -0.25) is 0 Å². The monoisotopic (exact) mass is 134 g/mol. The maximum Gasteiger partial charge on any atom is -0.0162 e. The molecule has 0 heteroatoms. The van der Waals surface area contributed by atoms with Crippen molar-refractivity contribution < 1.29 is 0 Å². The third-order valence-electron chi connectivity index (χ3n) is 1.70. The zero-order valence-corrected chi connectivity index (χ0v) is 6.56. The SMILES string of the molecule is C=C/C(=C\C(=C)C)C1CC1. The summed E-state index contributed by atoms with van der Waals surface area (Å²) in [5.41, 5.74) is 2.49. The van der Waals surface area contributed by atoms with E-state index in [-0.39, 0.29) is 0 Å². The minimum Gasteiger partial charge on any atom is -0.0988 e. The second-order valence-electron chi connectivity index (χ2n) is 2.97. The van der Waals surface area contributed by atoms with Crippen molar-refractivity contribution in [2.45, 2.75) is 19.8 Å². The zero-order chi connectivity index (χ0) is 7.56. The second-order valence-corrected chi connectivity index (χ2v) is 2.97. The smallest absolute Gasteiger partial charge is 0.0162 e. The Hall–Kier alpha value is -0.780. The summed E-state index contributed by atoms with van der Waals surface area (Å²) in [5, 5.41) is 0. The van der Waals surface area contributed by atoms with Crippen molar-refractivity contribution in [3.05, 3.63) is 36.5 Å². The molecule has 0 heterocycles. The summed E-state index contributed by atoms with van der Waals surface area (Å²) in [4.78, 5) is 0. The molecule has 0 aliphatic heterocycles. The molecule has 1 rings (SSSR count). The molecule has 0 unspecified atom stereocenters. The first kappa shape index (κ1) is 7.33. The van der Waals surface area contributed by atoms with Gasteiger partial charge in [0.2, 0.25) is 0 Å². The molecule has 0 aromatic heterocycles. The van der Waals surface area contributed by atoms with Crippen LogP contribution in [0.15, 0.2) is 36.5 Å². The van der Waals surface area contributed by atoms with Crippen LogP contribution in [0.1, 0.15) is 19.8 Å². The van der Waals surface area contributed by atoms with Crippen LogP contribution in [0.25, 0.3) is 0 Å². The fraction of sp³-hybridized carbons (Fsp3) is 0.400. The molecular formula is C10H14. The lowest BCUT2D eigenvalue weighted by molar-refractivity contribution is 1.05. The molecule has 0 atom stereocenters. The van der Waals surface area contributed by atoms with Crippen LogP contribution in [0, 0.1) is 5.92 Å². The molecule has 0 N–H and O–H groups in total. The van der Waals surface area contributed by atoms with Crippen molar-refractivity contribution in [3.8, 4) is 0 Å². The minimum absolute atomic E-state index is 0.800. The van der Waals surface area contributed by atoms with Crippen molar-refractivity contribution in [3.63, 3.8) is 0 Å². The second kappa shape index (κ2) is 2.87. The molecule has 0 radical (unpaired) electrons. The molecule has 0 amide bonds. The molecular weight excluding hydrogens is 120 g/mol. The first-order valence-corrected chi connectivity index (χ1v) is 3.73. The van der Waals surface area contributed by atoms with Gasteiger partial charge in [0.1, 0.15) is 0 Å². The average molecular weight is 134 g/mol. The normalized spacial score (nSPS) is 18.7. The molecule has 1 aliphatic carbocycles. The van der Waals surface area contributed by atoms with Crippen LogP contribution in [-0.2, 0) is 0 Å². The first-order valence-electron chi connectivity index (χ1n) is 3.73. The zero-order valence-electron chi connectivity index (χ0n) is 6.56. The van der Waals surface area contributed by atoms with Gasteiger partial charge in [-0.1, -0.05) is 30.9 Å². The van der Waals surface area contributed by atoms with Crippen LogP contribution in [0.5, 0.6) is 0 Å². The summed E-state index contributed by atoms with van der Waals surface area (Å²) in [5.74, 6) is 0.800. The summed E-state index contributed by atoms with van der Waals surface area (Å²) < 4.78 is 0. The number of rotatable bonds is 3. The molecule has 0 aromatic carbocycles. The van der Waals surface area contributed by atoms with Crippen molar-refractivity contribution >= 4 is 0 Å². The van der Waals surface area contributed by atoms with Gasteiger partial charge < -0.3 is 0 Å². The van der Waals surface area contributed by atoms with E-state index in [4.69, 9.17) is 0 Å². The quantitative estimate of drug-likeness (QED) is 0.520. The predicted octanol–water partition coefficient (Wildman–Crippen LogP) is 3.08. The van der Waals surface area contributed by atoms with E-state index >= 15 is 0 Å². The summed E-state index contributed by atoms with van der Waals surface area (Å²) in [6.45, 7) is 9.61. The Morgan fingerprint density at radius 3 is 2.40 bits per heavy atom. The molecule has 0 aromatic rings. The Morgan fingerprint density at radius 1 is 1.50 bits per heavy atom. The maximum absolute atomic E-state index is 3.83. The third kappa shape index (κ3) is 1.87. The van der Waals surface area contributed by atoms with Crippen LogP contribution in [0.3, 0.4) is 0 Å². The standard InChI is InChI=1S/C10H14/c1-4-9(7-8(2)3)10-5-6-10/h4,7,10H,1-2,5-6H2,3H3/b9-7+. The van der Waals surface area contributed by atoms with E-state index in [1.165, 1.54) is 18.4 Å². The van der Waals surface area contributed by atoms with Gasteiger partial charge in [-0.2, -0.15) is 0 Å². The van der Waals surface area contributed by atoms with Crippen LogP contribution in [0.2, 0.25) is 0 Å². The number of hydrogen-bond donors (Lipinski definition) is 0. The fourth-order valence-electron chi connectivity index (χ4n) is 1.04. The lowest BCUT2D eigenvalue weighted by Gasteiger charge is -1.96. The summed E-state index contributed by atoms with van der Waals surface area (Å²) in [6, 6.07) is 0.